The molecule has 1 fully saturated rings. The summed E-state index contributed by atoms with van der Waals surface area (Å²) in [6.45, 7) is 4.83. The van der Waals surface area contributed by atoms with Crippen molar-refractivity contribution in [1.82, 2.24) is 10.2 Å². The zero-order valence-electron chi connectivity index (χ0n) is 28.2. The quantitative estimate of drug-likeness (QED) is 0.105. The Labute approximate surface area is 291 Å². The molecule has 51 heavy (non-hydrogen) atoms. The number of nitrogens with zero attached hydrogens (tertiary/aromatic N) is 1. The number of hydrogen-bond donors (Lipinski definition) is 2. The summed E-state index contributed by atoms with van der Waals surface area (Å²) < 4.78 is 107. The number of amides is 2. The number of ether oxygens (including phenoxy) is 4. The molecule has 1 saturated heterocycles. The Morgan fingerprint density at radius 1 is 0.922 bits per heavy atom. The molecule has 1 atom stereocenters. The van der Waals surface area contributed by atoms with Crippen molar-refractivity contribution in [1.29, 1.82) is 0 Å². The van der Waals surface area contributed by atoms with E-state index in [2.05, 4.69) is 5.32 Å². The van der Waals surface area contributed by atoms with Gasteiger partial charge in [0.1, 0.15) is 25.7 Å². The van der Waals surface area contributed by atoms with Crippen molar-refractivity contribution < 1.29 is 55.2 Å². The third-order valence-corrected chi connectivity index (χ3v) is 8.85. The Bertz CT molecular complexity index is 1680. The molecule has 0 saturated carbocycles. The normalized spacial score (nSPS) is 18.2. The van der Waals surface area contributed by atoms with Gasteiger partial charge in [-0.25, -0.2) is 4.79 Å². The summed E-state index contributed by atoms with van der Waals surface area (Å²) in [5, 5.41) is 13.2. The first-order valence-corrected chi connectivity index (χ1v) is 16.7. The fourth-order valence-corrected chi connectivity index (χ4v) is 6.04. The van der Waals surface area contributed by atoms with Crippen molar-refractivity contribution in [3.05, 3.63) is 88.5 Å². The van der Waals surface area contributed by atoms with Crippen LogP contribution in [-0.4, -0.2) is 61.5 Å². The zero-order chi connectivity index (χ0) is 36.9. The predicted molar refractivity (Wildman–Crippen MR) is 177 cm³/mol. The van der Waals surface area contributed by atoms with Crippen LogP contribution < -0.4 is 19.5 Å². The van der Waals surface area contributed by atoms with Crippen molar-refractivity contribution in [3.8, 4) is 17.2 Å². The number of nitrogens with one attached hydrogen (secondary N) is 1. The molecule has 3 aromatic carbocycles. The summed E-state index contributed by atoms with van der Waals surface area (Å²) in [7, 11) is 0. The summed E-state index contributed by atoms with van der Waals surface area (Å²) in [5.41, 5.74) is -6.10. The van der Waals surface area contributed by atoms with Crippen LogP contribution in [0.15, 0.2) is 60.7 Å². The molecule has 0 aliphatic carbocycles. The molecule has 2 heterocycles. The second-order valence-corrected chi connectivity index (χ2v) is 12.3. The van der Waals surface area contributed by atoms with Gasteiger partial charge in [0, 0.05) is 23.2 Å². The fraction of sp³-hybridized carbons (Fsp3) is 0.432. The highest BCUT2D eigenvalue weighted by molar-refractivity contribution is 5.76. The molecular weight excluding hydrogens is 682 g/mol. The number of rotatable bonds is 13. The van der Waals surface area contributed by atoms with Crippen LogP contribution in [0.2, 0.25) is 0 Å². The molecule has 8 nitrogen and oxygen atoms in total. The standard InChI is InChI=1S/C37H40F6N2O6/c1-3-10-26-21-29(35(47,36(38,39)40)37(41,42)43)22-27(14-13-25-11-6-5-7-12-25)32(26)50-18-9-8-17-45-24-51-34(4-2,44-33(45)46)28-15-16-30-31(23-28)49-20-19-48-30/h5-7,11-16,21-23,47H,3-4,8-10,17-20,24H2,1-2H3,(H,44,46)/b14-13+. The van der Waals surface area contributed by atoms with E-state index in [1.807, 2.05) is 13.0 Å². The Morgan fingerprint density at radius 2 is 1.63 bits per heavy atom. The number of halogens is 6. The van der Waals surface area contributed by atoms with Crippen LogP contribution >= 0.6 is 0 Å². The molecule has 0 bridgehead atoms. The van der Waals surface area contributed by atoms with Crippen LogP contribution in [-0.2, 0) is 22.5 Å². The Morgan fingerprint density at radius 3 is 2.27 bits per heavy atom. The lowest BCUT2D eigenvalue weighted by atomic mass is 9.87. The molecule has 5 rings (SSSR count). The van der Waals surface area contributed by atoms with E-state index in [1.54, 1.807) is 49.4 Å². The molecule has 3 aromatic rings. The largest absolute Gasteiger partial charge is 0.493 e. The maximum Gasteiger partial charge on any atom is 0.430 e. The number of benzene rings is 3. The number of fused-ring (bicyclic) bond motifs is 1. The number of hydrogen-bond acceptors (Lipinski definition) is 6. The van der Waals surface area contributed by atoms with Gasteiger partial charge in [-0.15, -0.1) is 0 Å². The van der Waals surface area contributed by atoms with E-state index in [4.69, 9.17) is 18.9 Å². The second-order valence-electron chi connectivity index (χ2n) is 12.3. The average Bonchev–Trinajstić information content (AvgIpc) is 3.10. The van der Waals surface area contributed by atoms with E-state index in [0.717, 1.165) is 6.07 Å². The van der Waals surface area contributed by atoms with Crippen LogP contribution in [0.3, 0.4) is 0 Å². The van der Waals surface area contributed by atoms with Crippen LogP contribution in [0, 0.1) is 0 Å². The molecular formula is C37H40F6N2O6. The summed E-state index contributed by atoms with van der Waals surface area (Å²) in [4.78, 5) is 14.7. The monoisotopic (exact) mass is 722 g/mol. The van der Waals surface area contributed by atoms with Crippen molar-refractivity contribution in [3.63, 3.8) is 0 Å². The Balaban J connectivity index is 1.29. The Hall–Kier alpha value is -4.43. The minimum atomic E-state index is -6.04. The lowest BCUT2D eigenvalue weighted by molar-refractivity contribution is -0.376. The number of alkyl halides is 6. The van der Waals surface area contributed by atoms with Gasteiger partial charge in [-0.2, -0.15) is 26.3 Å². The van der Waals surface area contributed by atoms with Gasteiger partial charge in [0.25, 0.3) is 5.60 Å². The summed E-state index contributed by atoms with van der Waals surface area (Å²) >= 11 is 0. The van der Waals surface area contributed by atoms with Gasteiger partial charge >= 0.3 is 18.4 Å². The van der Waals surface area contributed by atoms with Gasteiger partial charge in [0.2, 0.25) is 0 Å². The minimum Gasteiger partial charge on any atom is -0.493 e. The van der Waals surface area contributed by atoms with Gasteiger partial charge < -0.3 is 34.3 Å². The van der Waals surface area contributed by atoms with Crippen molar-refractivity contribution in [2.45, 2.75) is 69.6 Å². The van der Waals surface area contributed by atoms with E-state index in [9.17, 15) is 36.2 Å². The van der Waals surface area contributed by atoms with Gasteiger partial charge in [0.15, 0.2) is 17.2 Å². The van der Waals surface area contributed by atoms with Gasteiger partial charge in [-0.1, -0.05) is 68.8 Å². The maximum absolute atomic E-state index is 13.9. The van der Waals surface area contributed by atoms with Crippen LogP contribution in [0.25, 0.3) is 12.2 Å². The van der Waals surface area contributed by atoms with Crippen LogP contribution in [0.4, 0.5) is 31.1 Å². The molecule has 0 radical (unpaired) electrons. The van der Waals surface area contributed by atoms with E-state index >= 15 is 0 Å². The number of carbonyl (C=O) groups is 1. The fourth-order valence-electron chi connectivity index (χ4n) is 6.04. The first-order valence-electron chi connectivity index (χ1n) is 16.7. The summed E-state index contributed by atoms with van der Waals surface area (Å²) in [6, 6.07) is 15.1. The average molecular weight is 723 g/mol. The molecule has 14 heteroatoms. The molecule has 0 aromatic heterocycles. The minimum absolute atomic E-state index is 0.00678. The molecule has 2 N–H and O–H groups in total. The summed E-state index contributed by atoms with van der Waals surface area (Å²) in [5.74, 6) is 1.30. The van der Waals surface area contributed by atoms with Gasteiger partial charge in [0.05, 0.1) is 6.61 Å². The highest BCUT2D eigenvalue weighted by Crippen LogP contribution is 2.51. The molecule has 2 aliphatic rings. The van der Waals surface area contributed by atoms with E-state index < -0.39 is 29.2 Å². The lowest BCUT2D eigenvalue weighted by Crippen LogP contribution is -2.59. The zero-order valence-corrected chi connectivity index (χ0v) is 28.2. The molecule has 1 unspecified atom stereocenters. The lowest BCUT2D eigenvalue weighted by Gasteiger charge is -2.42. The van der Waals surface area contributed by atoms with Crippen LogP contribution in [0.1, 0.15) is 67.3 Å². The topological polar surface area (TPSA) is 89.5 Å². The third-order valence-electron chi connectivity index (χ3n) is 8.85. The van der Waals surface area contributed by atoms with Crippen LogP contribution in [0.5, 0.6) is 17.2 Å². The smallest absolute Gasteiger partial charge is 0.430 e. The molecule has 0 spiro atoms. The third kappa shape index (κ3) is 8.06. The maximum atomic E-state index is 13.9. The van der Waals surface area contributed by atoms with Gasteiger partial charge in [-0.3, -0.25) is 0 Å². The molecule has 2 amide bonds. The first kappa shape index (κ1) is 37.8. The molecule has 2 aliphatic heterocycles. The van der Waals surface area contributed by atoms with Gasteiger partial charge in [-0.05, 0) is 61.1 Å². The summed E-state index contributed by atoms with van der Waals surface area (Å²) in [6.07, 6.45) is -7.39. The number of unbranched alkanes of at least 4 members (excludes halogenated alkanes) is 1. The first-order chi connectivity index (χ1) is 24.2. The number of aliphatic hydroxyl groups is 1. The van der Waals surface area contributed by atoms with Crippen molar-refractivity contribution >= 4 is 18.2 Å². The number of urea groups is 1. The highest BCUT2D eigenvalue weighted by Gasteiger charge is 2.71. The number of carbonyl (C=O) groups excluding carboxylic acids is 1. The van der Waals surface area contributed by atoms with E-state index in [1.165, 1.54) is 17.1 Å². The SMILES string of the molecule is CCCc1cc(C(O)(C(F)(F)F)C(F)(F)F)cc(/C=C/c2ccccc2)c1OCCCCN1COC(CC)(c2ccc3c(c2)OCCO3)NC1=O. The van der Waals surface area contributed by atoms with Crippen molar-refractivity contribution in [2.24, 2.45) is 0 Å². The van der Waals surface area contributed by atoms with E-state index in [0.29, 0.717) is 74.1 Å². The molecule has 276 valence electrons. The highest BCUT2D eigenvalue weighted by atomic mass is 19.4. The van der Waals surface area contributed by atoms with Crippen molar-refractivity contribution in [2.75, 3.05) is 33.1 Å². The Kier molecular flexibility index (Phi) is 11.4. The van der Waals surface area contributed by atoms with E-state index in [-0.39, 0.29) is 42.7 Å². The number of aryl methyl sites for hydroxylation is 1. The second kappa shape index (κ2) is 15.4. The predicted octanol–water partition coefficient (Wildman–Crippen LogP) is 8.31.